The van der Waals surface area contributed by atoms with Crippen molar-refractivity contribution in [2.75, 3.05) is 0 Å². The second-order valence-corrected chi connectivity index (χ2v) is 6.22. The fourth-order valence-corrected chi connectivity index (χ4v) is 2.94. The highest BCUT2D eigenvalue weighted by Crippen LogP contribution is 2.28. The van der Waals surface area contributed by atoms with E-state index in [-0.39, 0.29) is 17.9 Å². The Morgan fingerprint density at radius 2 is 2.15 bits per heavy atom. The summed E-state index contributed by atoms with van der Waals surface area (Å²) in [5.74, 6) is -0.347. The number of aromatic nitrogens is 2. The summed E-state index contributed by atoms with van der Waals surface area (Å²) in [5, 5.41) is 4.71. The number of hydrogen-bond acceptors (Lipinski definition) is 2. The molecule has 6 heteroatoms. The molecule has 1 atom stereocenters. The monoisotopic (exact) mass is 359 g/mol. The molecule has 0 aliphatic carbocycles. The molecule has 1 aromatic carbocycles. The van der Waals surface area contributed by atoms with E-state index in [1.807, 2.05) is 18.5 Å². The number of nitrogens with zero attached hydrogens (tertiary/aromatic N) is 2. The van der Waals surface area contributed by atoms with Gasteiger partial charge in [0.2, 0.25) is 0 Å². The van der Waals surface area contributed by atoms with Gasteiger partial charge in [-0.15, -0.1) is 0 Å². The average Bonchev–Trinajstić information content (AvgIpc) is 2.75. The maximum absolute atomic E-state index is 13.1. The molecule has 1 heterocycles. The van der Waals surface area contributed by atoms with Crippen molar-refractivity contribution in [3.63, 3.8) is 0 Å². The first-order valence-corrected chi connectivity index (χ1v) is 7.49. The van der Waals surface area contributed by atoms with Gasteiger partial charge in [-0.2, -0.15) is 5.10 Å². The third-order valence-electron chi connectivity index (χ3n) is 3.08. The van der Waals surface area contributed by atoms with E-state index in [2.05, 4.69) is 21.0 Å². The van der Waals surface area contributed by atoms with Gasteiger partial charge >= 0.3 is 0 Å². The molecule has 0 fully saturated rings. The summed E-state index contributed by atoms with van der Waals surface area (Å²) in [6, 6.07) is 4.31. The Labute approximate surface area is 131 Å². The normalized spacial score (nSPS) is 12.9. The first-order valence-electron chi connectivity index (χ1n) is 6.32. The smallest absolute Gasteiger partial charge is 0.124 e. The minimum Gasteiger partial charge on any atom is -0.322 e. The highest BCUT2D eigenvalue weighted by atomic mass is 79.9. The third kappa shape index (κ3) is 3.22. The molecule has 0 amide bonds. The summed E-state index contributed by atoms with van der Waals surface area (Å²) in [6.07, 6.45) is 2.26. The maximum atomic E-state index is 13.1. The standard InChI is InChI=1S/C14H16BrClFN3/c1-8(2)20-14(11(15)7-19-20)13(18)5-9-3-4-10(17)6-12(9)16/h3-4,6-8,13H,5,18H2,1-2H3. The molecule has 0 saturated carbocycles. The highest BCUT2D eigenvalue weighted by Gasteiger charge is 2.19. The maximum Gasteiger partial charge on any atom is 0.124 e. The molecule has 3 nitrogen and oxygen atoms in total. The van der Waals surface area contributed by atoms with E-state index in [1.54, 1.807) is 12.3 Å². The van der Waals surface area contributed by atoms with Crippen LogP contribution in [0.15, 0.2) is 28.9 Å². The summed E-state index contributed by atoms with van der Waals surface area (Å²) < 4.78 is 15.8. The van der Waals surface area contributed by atoms with Gasteiger partial charge in [0.15, 0.2) is 0 Å². The molecule has 20 heavy (non-hydrogen) atoms. The molecule has 0 radical (unpaired) electrons. The van der Waals surface area contributed by atoms with Crippen LogP contribution in [0.1, 0.15) is 37.2 Å². The van der Waals surface area contributed by atoms with Crippen LogP contribution in [-0.4, -0.2) is 9.78 Å². The molecule has 0 spiro atoms. The van der Waals surface area contributed by atoms with Gasteiger partial charge in [-0.1, -0.05) is 17.7 Å². The van der Waals surface area contributed by atoms with Crippen molar-refractivity contribution in [3.05, 3.63) is 51.0 Å². The zero-order valence-electron chi connectivity index (χ0n) is 11.3. The molecular formula is C14H16BrClFN3. The lowest BCUT2D eigenvalue weighted by molar-refractivity contribution is 0.484. The Bertz CT molecular complexity index is 612. The summed E-state index contributed by atoms with van der Waals surface area (Å²) in [6.45, 7) is 4.08. The van der Waals surface area contributed by atoms with E-state index >= 15 is 0 Å². The number of hydrogen-bond donors (Lipinski definition) is 1. The van der Waals surface area contributed by atoms with Crippen LogP contribution in [0.4, 0.5) is 4.39 Å². The van der Waals surface area contributed by atoms with E-state index in [9.17, 15) is 4.39 Å². The Hall–Kier alpha value is -0.910. The first kappa shape index (κ1) is 15.5. The summed E-state index contributed by atoms with van der Waals surface area (Å²) in [5.41, 5.74) is 8.01. The van der Waals surface area contributed by atoms with Crippen molar-refractivity contribution in [1.29, 1.82) is 0 Å². The van der Waals surface area contributed by atoms with Crippen LogP contribution in [-0.2, 0) is 6.42 Å². The van der Waals surface area contributed by atoms with Gasteiger partial charge in [-0.25, -0.2) is 4.39 Å². The number of nitrogens with two attached hydrogens (primary N) is 1. The Morgan fingerprint density at radius 1 is 1.45 bits per heavy atom. The molecule has 2 aromatic rings. The first-order chi connectivity index (χ1) is 9.40. The van der Waals surface area contributed by atoms with Crippen LogP contribution in [0.25, 0.3) is 0 Å². The SMILES string of the molecule is CC(C)n1ncc(Br)c1C(N)Cc1ccc(F)cc1Cl. The van der Waals surface area contributed by atoms with E-state index in [1.165, 1.54) is 12.1 Å². The van der Waals surface area contributed by atoms with Gasteiger partial charge < -0.3 is 5.73 Å². The predicted molar refractivity (Wildman–Crippen MR) is 82.4 cm³/mol. The molecular weight excluding hydrogens is 345 g/mol. The zero-order chi connectivity index (χ0) is 14.9. The minimum atomic E-state index is -0.347. The lowest BCUT2D eigenvalue weighted by Gasteiger charge is -2.18. The molecule has 0 aliphatic heterocycles. The average molecular weight is 361 g/mol. The van der Waals surface area contributed by atoms with Crippen molar-refractivity contribution in [2.24, 2.45) is 5.73 Å². The highest BCUT2D eigenvalue weighted by molar-refractivity contribution is 9.10. The largest absolute Gasteiger partial charge is 0.322 e. The topological polar surface area (TPSA) is 43.8 Å². The van der Waals surface area contributed by atoms with Crippen LogP contribution in [0.5, 0.6) is 0 Å². The molecule has 0 bridgehead atoms. The van der Waals surface area contributed by atoms with Crippen molar-refractivity contribution in [2.45, 2.75) is 32.4 Å². The van der Waals surface area contributed by atoms with Crippen molar-refractivity contribution < 1.29 is 4.39 Å². The quantitative estimate of drug-likeness (QED) is 0.885. The Kier molecular flexibility index (Phi) is 4.83. The Morgan fingerprint density at radius 3 is 2.75 bits per heavy atom. The van der Waals surface area contributed by atoms with Crippen molar-refractivity contribution in [1.82, 2.24) is 9.78 Å². The molecule has 108 valence electrons. The summed E-state index contributed by atoms with van der Waals surface area (Å²) in [7, 11) is 0. The zero-order valence-corrected chi connectivity index (χ0v) is 13.6. The number of rotatable bonds is 4. The van der Waals surface area contributed by atoms with Crippen LogP contribution in [0.3, 0.4) is 0 Å². The van der Waals surface area contributed by atoms with Crippen LogP contribution < -0.4 is 5.73 Å². The van der Waals surface area contributed by atoms with Gasteiger partial charge in [0.1, 0.15) is 5.82 Å². The third-order valence-corrected chi connectivity index (χ3v) is 4.05. The van der Waals surface area contributed by atoms with Gasteiger partial charge in [0, 0.05) is 11.1 Å². The van der Waals surface area contributed by atoms with E-state index in [0.717, 1.165) is 15.7 Å². The van der Waals surface area contributed by atoms with E-state index in [4.69, 9.17) is 17.3 Å². The van der Waals surface area contributed by atoms with Crippen LogP contribution in [0.2, 0.25) is 5.02 Å². The number of halogens is 3. The van der Waals surface area contributed by atoms with E-state index in [0.29, 0.717) is 11.4 Å². The Balaban J connectivity index is 2.28. The second-order valence-electron chi connectivity index (χ2n) is 4.96. The molecule has 0 aliphatic rings. The molecule has 2 rings (SSSR count). The van der Waals surface area contributed by atoms with Crippen LogP contribution in [0, 0.1) is 5.82 Å². The summed E-state index contributed by atoms with van der Waals surface area (Å²) in [4.78, 5) is 0. The van der Waals surface area contributed by atoms with Gasteiger partial charge in [0.25, 0.3) is 0 Å². The summed E-state index contributed by atoms with van der Waals surface area (Å²) >= 11 is 9.52. The van der Waals surface area contributed by atoms with Crippen molar-refractivity contribution >= 4 is 27.5 Å². The molecule has 0 saturated heterocycles. The van der Waals surface area contributed by atoms with Gasteiger partial charge in [-0.3, -0.25) is 4.68 Å². The van der Waals surface area contributed by atoms with Gasteiger partial charge in [-0.05, 0) is 53.9 Å². The molecule has 1 unspecified atom stereocenters. The van der Waals surface area contributed by atoms with E-state index < -0.39 is 0 Å². The van der Waals surface area contributed by atoms with Crippen molar-refractivity contribution in [3.8, 4) is 0 Å². The minimum absolute atomic E-state index is 0.214. The lowest BCUT2D eigenvalue weighted by Crippen LogP contribution is -2.20. The van der Waals surface area contributed by atoms with Gasteiger partial charge in [0.05, 0.1) is 22.4 Å². The molecule has 1 aromatic heterocycles. The fourth-order valence-electron chi connectivity index (χ4n) is 2.13. The molecule has 2 N–H and O–H groups in total. The van der Waals surface area contributed by atoms with Crippen LogP contribution >= 0.6 is 27.5 Å². The second kappa shape index (κ2) is 6.24. The fraction of sp³-hybridized carbons (Fsp3) is 0.357. The predicted octanol–water partition coefficient (Wildman–Crippen LogP) is 4.26. The lowest BCUT2D eigenvalue weighted by atomic mass is 10.0. The number of benzene rings is 1.